The molecular formula is C14H20Br2S2Si2. The average Bonchev–Trinajstić information content (AvgIpc) is 2.79. The molecular weight excluding hydrogens is 448 g/mol. The number of rotatable bonds is 3. The molecule has 0 aliphatic rings. The lowest BCUT2D eigenvalue weighted by Crippen LogP contribution is -2.36. The molecule has 0 nitrogen and oxygen atoms in total. The second kappa shape index (κ2) is 5.78. The Labute approximate surface area is 148 Å². The van der Waals surface area contributed by atoms with Gasteiger partial charge in [0.15, 0.2) is 0 Å². The fourth-order valence-corrected chi connectivity index (χ4v) is 13.3. The molecule has 0 amide bonds. The Morgan fingerprint density at radius 1 is 0.700 bits per heavy atom. The van der Waals surface area contributed by atoms with Crippen LogP contribution in [-0.2, 0) is 0 Å². The third kappa shape index (κ3) is 3.25. The van der Waals surface area contributed by atoms with E-state index in [0.29, 0.717) is 0 Å². The van der Waals surface area contributed by atoms with Crippen molar-refractivity contribution in [2.24, 2.45) is 0 Å². The zero-order chi connectivity index (χ0) is 15.3. The number of hydrogen-bond donors (Lipinski definition) is 0. The minimum Gasteiger partial charge on any atom is -0.152 e. The fraction of sp³-hybridized carbons (Fsp3) is 0.429. The molecule has 0 N–H and O–H groups in total. The molecule has 0 spiro atoms. The molecule has 6 heteroatoms. The van der Waals surface area contributed by atoms with Crippen molar-refractivity contribution in [3.05, 3.63) is 19.7 Å². The first-order valence-electron chi connectivity index (χ1n) is 6.58. The lowest BCUT2D eigenvalue weighted by molar-refractivity contribution is 1.71. The molecule has 0 radical (unpaired) electrons. The molecule has 2 aromatic rings. The third-order valence-corrected chi connectivity index (χ3v) is 15.2. The highest BCUT2D eigenvalue weighted by molar-refractivity contribution is 9.11. The molecule has 0 saturated carbocycles. The summed E-state index contributed by atoms with van der Waals surface area (Å²) < 4.78 is 5.75. The summed E-state index contributed by atoms with van der Waals surface area (Å²) in [6, 6.07) is 0. The van der Waals surface area contributed by atoms with E-state index in [2.05, 4.69) is 81.9 Å². The van der Waals surface area contributed by atoms with Crippen LogP contribution in [0.25, 0.3) is 11.1 Å². The van der Waals surface area contributed by atoms with E-state index in [0.717, 1.165) is 0 Å². The smallest absolute Gasteiger partial charge is 0.0919 e. The Kier molecular flexibility index (Phi) is 4.95. The van der Waals surface area contributed by atoms with Crippen LogP contribution in [0.1, 0.15) is 0 Å². The van der Waals surface area contributed by atoms with Gasteiger partial charge >= 0.3 is 0 Å². The van der Waals surface area contributed by atoms with Gasteiger partial charge in [0, 0.05) is 29.1 Å². The van der Waals surface area contributed by atoms with Crippen molar-refractivity contribution in [2.75, 3.05) is 0 Å². The molecule has 20 heavy (non-hydrogen) atoms. The summed E-state index contributed by atoms with van der Waals surface area (Å²) in [6.45, 7) is 14.4. The molecule has 0 aliphatic heterocycles. The Morgan fingerprint density at radius 2 is 1.00 bits per heavy atom. The monoisotopic (exact) mass is 466 g/mol. The van der Waals surface area contributed by atoms with E-state index in [4.69, 9.17) is 0 Å². The Morgan fingerprint density at radius 3 is 1.20 bits per heavy atom. The third-order valence-electron chi connectivity index (χ3n) is 3.11. The van der Waals surface area contributed by atoms with Crippen LogP contribution in [-0.4, -0.2) is 16.1 Å². The largest absolute Gasteiger partial charge is 0.152 e. The lowest BCUT2D eigenvalue weighted by Gasteiger charge is -2.15. The molecule has 0 atom stereocenters. The second-order valence-electron chi connectivity index (χ2n) is 7.08. The average molecular weight is 468 g/mol. The van der Waals surface area contributed by atoms with Gasteiger partial charge in [0.25, 0.3) is 0 Å². The van der Waals surface area contributed by atoms with Gasteiger partial charge in [0.2, 0.25) is 0 Å². The number of halogens is 2. The van der Waals surface area contributed by atoms with Gasteiger partial charge in [-0.15, -0.1) is 0 Å². The van der Waals surface area contributed by atoms with Crippen LogP contribution in [0.2, 0.25) is 39.3 Å². The van der Waals surface area contributed by atoms with Crippen molar-refractivity contribution < 1.29 is 0 Å². The van der Waals surface area contributed by atoms with E-state index < -0.39 is 16.1 Å². The normalized spacial score (nSPS) is 13.0. The molecule has 110 valence electrons. The fourth-order valence-electron chi connectivity index (χ4n) is 2.06. The first kappa shape index (κ1) is 17.2. The summed E-state index contributed by atoms with van der Waals surface area (Å²) in [4.78, 5) is 0. The Hall–Kier alpha value is 0.794. The first-order chi connectivity index (χ1) is 9.03. The Balaban J connectivity index is 2.55. The molecule has 2 heterocycles. The van der Waals surface area contributed by atoms with Crippen LogP contribution >= 0.6 is 54.5 Å². The van der Waals surface area contributed by atoms with Crippen molar-refractivity contribution >= 4 is 79.7 Å². The maximum atomic E-state index is 3.86. The van der Waals surface area contributed by atoms with E-state index in [1.54, 1.807) is 9.00 Å². The van der Waals surface area contributed by atoms with Crippen LogP contribution in [0.15, 0.2) is 19.7 Å². The van der Waals surface area contributed by atoms with Gasteiger partial charge < -0.3 is 0 Å². The van der Waals surface area contributed by atoms with Gasteiger partial charge in [-0.2, -0.15) is 22.7 Å². The topological polar surface area (TPSA) is 0 Å². The molecule has 0 aliphatic carbocycles. The van der Waals surface area contributed by atoms with Crippen LogP contribution in [0.5, 0.6) is 0 Å². The molecule has 0 fully saturated rings. The second-order valence-corrected chi connectivity index (χ2v) is 21.2. The highest BCUT2D eigenvalue weighted by Gasteiger charge is 2.27. The summed E-state index contributed by atoms with van der Waals surface area (Å²) in [5.41, 5.74) is 2.72. The van der Waals surface area contributed by atoms with Gasteiger partial charge in [0.1, 0.15) is 0 Å². The molecule has 2 rings (SSSR count). The molecule has 0 unspecified atom stereocenters. The number of hydrogen-bond acceptors (Lipinski definition) is 2. The van der Waals surface area contributed by atoms with Crippen LogP contribution in [0, 0.1) is 0 Å². The van der Waals surface area contributed by atoms with E-state index in [-0.39, 0.29) is 0 Å². The minimum atomic E-state index is -1.27. The Bertz CT molecular complexity index is 574. The summed E-state index contributed by atoms with van der Waals surface area (Å²) >= 11 is 11.5. The zero-order valence-corrected chi connectivity index (χ0v) is 19.5. The van der Waals surface area contributed by atoms with E-state index in [1.165, 1.54) is 20.1 Å². The van der Waals surface area contributed by atoms with Gasteiger partial charge in [0.05, 0.1) is 16.1 Å². The minimum absolute atomic E-state index is 1.27. The first-order valence-corrected chi connectivity index (χ1v) is 16.9. The lowest BCUT2D eigenvalue weighted by atomic mass is 10.2. The van der Waals surface area contributed by atoms with E-state index in [1.807, 2.05) is 22.7 Å². The molecule has 0 aromatic carbocycles. The maximum Gasteiger partial charge on any atom is 0.0919 e. The van der Waals surface area contributed by atoms with Crippen LogP contribution < -0.4 is 9.00 Å². The van der Waals surface area contributed by atoms with Gasteiger partial charge in [-0.3, -0.25) is 0 Å². The van der Waals surface area contributed by atoms with Crippen molar-refractivity contribution in [2.45, 2.75) is 39.3 Å². The summed E-state index contributed by atoms with van der Waals surface area (Å²) in [7, 11) is -2.54. The van der Waals surface area contributed by atoms with Crippen molar-refractivity contribution in [1.82, 2.24) is 0 Å². The van der Waals surface area contributed by atoms with Gasteiger partial charge in [-0.1, -0.05) is 39.3 Å². The van der Waals surface area contributed by atoms with Gasteiger partial charge in [-0.25, -0.2) is 0 Å². The van der Waals surface area contributed by atoms with Crippen molar-refractivity contribution in [1.29, 1.82) is 0 Å². The van der Waals surface area contributed by atoms with Crippen LogP contribution in [0.4, 0.5) is 0 Å². The van der Waals surface area contributed by atoms with E-state index >= 15 is 0 Å². The molecule has 2 aromatic heterocycles. The summed E-state index contributed by atoms with van der Waals surface area (Å²) in [6.07, 6.45) is 0. The van der Waals surface area contributed by atoms with Crippen LogP contribution in [0.3, 0.4) is 0 Å². The highest BCUT2D eigenvalue weighted by atomic mass is 79.9. The predicted octanol–water partition coefficient (Wildman–Crippen LogP) is 6.09. The van der Waals surface area contributed by atoms with Crippen molar-refractivity contribution in [3.8, 4) is 11.1 Å². The standard InChI is InChI=1S/C14H20Br2S2Si2/c1-19(2,3)13-11(15)9(7-17-13)10-8-18-14(12(10)16)20(4,5)6/h7-8H,1-6H3. The molecule has 0 bridgehead atoms. The molecule has 0 saturated heterocycles. The van der Waals surface area contributed by atoms with Gasteiger partial charge in [-0.05, 0) is 42.6 Å². The maximum absolute atomic E-state index is 3.86. The SMILES string of the molecule is C[Si](C)(C)c1scc(-c2csc([Si](C)(C)C)c2Br)c1Br. The quantitative estimate of drug-likeness (QED) is 0.478. The predicted molar refractivity (Wildman–Crippen MR) is 109 cm³/mol. The number of thiophene rings is 2. The van der Waals surface area contributed by atoms with E-state index in [9.17, 15) is 0 Å². The highest BCUT2D eigenvalue weighted by Crippen LogP contribution is 2.38. The van der Waals surface area contributed by atoms with Crippen molar-refractivity contribution in [3.63, 3.8) is 0 Å². The zero-order valence-electron chi connectivity index (χ0n) is 12.7. The summed E-state index contributed by atoms with van der Waals surface area (Å²) in [5.74, 6) is 0. The summed E-state index contributed by atoms with van der Waals surface area (Å²) in [5, 5.41) is 4.64.